The summed E-state index contributed by atoms with van der Waals surface area (Å²) in [5, 5.41) is 8.89. The molecule has 322 valence electrons. The van der Waals surface area contributed by atoms with Gasteiger partial charge in [0.15, 0.2) is 0 Å². The van der Waals surface area contributed by atoms with Crippen LogP contribution in [0.1, 0.15) is 226 Å². The van der Waals surface area contributed by atoms with E-state index in [9.17, 15) is 19.0 Å². The molecule has 0 saturated carbocycles. The van der Waals surface area contributed by atoms with Crippen LogP contribution in [-0.2, 0) is 32.7 Å². The zero-order valence-corrected chi connectivity index (χ0v) is 36.0. The van der Waals surface area contributed by atoms with Crippen molar-refractivity contribution in [2.75, 3.05) is 26.4 Å². The van der Waals surface area contributed by atoms with Crippen LogP contribution in [0.3, 0.4) is 0 Å². The molecule has 54 heavy (non-hydrogen) atoms. The Labute approximate surface area is 331 Å². The average Bonchev–Trinajstić information content (AvgIpc) is 3.15. The topological polar surface area (TPSA) is 155 Å². The van der Waals surface area contributed by atoms with E-state index in [2.05, 4.69) is 13.8 Å². The van der Waals surface area contributed by atoms with Crippen molar-refractivity contribution >= 4 is 19.8 Å². The van der Waals surface area contributed by atoms with Gasteiger partial charge in [0.2, 0.25) is 0 Å². The van der Waals surface area contributed by atoms with Crippen molar-refractivity contribution in [1.82, 2.24) is 0 Å². The summed E-state index contributed by atoms with van der Waals surface area (Å²) in [5.41, 5.74) is 5.36. The van der Waals surface area contributed by atoms with Gasteiger partial charge in [-0.05, 0) is 12.8 Å². The van der Waals surface area contributed by atoms with E-state index in [0.717, 1.165) is 38.5 Å². The third-order valence-electron chi connectivity index (χ3n) is 10.1. The van der Waals surface area contributed by atoms with Crippen molar-refractivity contribution in [2.45, 2.75) is 238 Å². The fourth-order valence-electron chi connectivity index (χ4n) is 6.61. The van der Waals surface area contributed by atoms with Gasteiger partial charge in [-0.3, -0.25) is 18.6 Å². The van der Waals surface area contributed by atoms with E-state index in [4.69, 9.17) is 29.4 Å². The minimum Gasteiger partial charge on any atom is -0.480 e. The molecule has 3 atom stereocenters. The van der Waals surface area contributed by atoms with Crippen LogP contribution in [-0.4, -0.2) is 60.5 Å². The van der Waals surface area contributed by atoms with E-state index in [0.29, 0.717) is 6.61 Å². The van der Waals surface area contributed by atoms with Crippen LogP contribution in [0.5, 0.6) is 0 Å². The molecule has 4 N–H and O–H groups in total. The lowest BCUT2D eigenvalue weighted by Gasteiger charge is -2.20. The number of nitrogens with two attached hydrogens (primary N) is 1. The number of carbonyl (C=O) groups excluding carboxylic acids is 1. The minimum atomic E-state index is -4.61. The maximum absolute atomic E-state index is 12.6. The van der Waals surface area contributed by atoms with Gasteiger partial charge in [0.05, 0.1) is 19.8 Å². The smallest absolute Gasteiger partial charge is 0.472 e. The molecule has 0 amide bonds. The van der Waals surface area contributed by atoms with Crippen molar-refractivity contribution < 1.29 is 42.7 Å². The lowest BCUT2D eigenvalue weighted by atomic mass is 10.0. The number of hydrogen-bond acceptors (Lipinski definition) is 8. The number of hydrogen-bond donors (Lipinski definition) is 3. The van der Waals surface area contributed by atoms with Crippen molar-refractivity contribution in [3.63, 3.8) is 0 Å². The fourth-order valence-corrected chi connectivity index (χ4v) is 7.38. The Morgan fingerprint density at radius 3 is 1.22 bits per heavy atom. The third-order valence-corrected chi connectivity index (χ3v) is 11.1. The molecule has 0 aliphatic carbocycles. The number of carbonyl (C=O) groups is 2. The summed E-state index contributed by atoms with van der Waals surface area (Å²) < 4.78 is 33.4. The Balaban J connectivity index is 4.17. The van der Waals surface area contributed by atoms with Crippen LogP contribution >= 0.6 is 7.82 Å². The maximum atomic E-state index is 12.6. The Bertz CT molecular complexity index is 878. The average molecular weight is 792 g/mol. The summed E-state index contributed by atoms with van der Waals surface area (Å²) >= 11 is 0. The predicted molar refractivity (Wildman–Crippen MR) is 222 cm³/mol. The zero-order valence-electron chi connectivity index (χ0n) is 35.1. The highest BCUT2D eigenvalue weighted by molar-refractivity contribution is 7.47. The number of carboxylic acids is 1. The number of phosphoric acid groups is 1. The van der Waals surface area contributed by atoms with Crippen molar-refractivity contribution in [1.29, 1.82) is 0 Å². The first-order valence-corrected chi connectivity index (χ1v) is 24.1. The standard InChI is InChI=1S/C43H86NO9P/c1-3-5-7-9-11-13-15-17-19-20-21-23-25-27-29-31-33-35-42(45)53-40(38-51-54(48,49)52-39-41(44)43(46)47)37-50-36-34-32-30-28-26-24-22-18-16-14-12-10-8-6-4-2/h40-41H,3-39,44H2,1-2H3,(H,46,47)(H,48,49). The molecule has 0 fully saturated rings. The molecule has 0 saturated heterocycles. The molecule has 0 aliphatic rings. The second-order valence-corrected chi connectivity index (χ2v) is 17.0. The number of esters is 1. The molecule has 0 aliphatic heterocycles. The van der Waals surface area contributed by atoms with Gasteiger partial charge >= 0.3 is 19.8 Å². The summed E-state index contributed by atoms with van der Waals surface area (Å²) in [6, 6.07) is -1.47. The van der Waals surface area contributed by atoms with Crippen molar-refractivity contribution in [2.24, 2.45) is 5.73 Å². The lowest BCUT2D eigenvalue weighted by molar-refractivity contribution is -0.154. The Morgan fingerprint density at radius 1 is 0.519 bits per heavy atom. The molecule has 0 radical (unpaired) electrons. The molecule has 10 nitrogen and oxygen atoms in total. The summed E-state index contributed by atoms with van der Waals surface area (Å²) in [6.07, 6.45) is 40.0. The van der Waals surface area contributed by atoms with E-state index in [1.807, 2.05) is 0 Å². The maximum Gasteiger partial charge on any atom is 0.472 e. The highest BCUT2D eigenvalue weighted by atomic mass is 31.2. The Morgan fingerprint density at radius 2 is 0.852 bits per heavy atom. The van der Waals surface area contributed by atoms with Crippen molar-refractivity contribution in [3.8, 4) is 0 Å². The first-order chi connectivity index (χ1) is 26.2. The number of phosphoric ester groups is 1. The normalized spacial score (nSPS) is 13.9. The molecule has 0 heterocycles. The van der Waals surface area contributed by atoms with Crippen LogP contribution in [0.4, 0.5) is 0 Å². The Hall–Kier alpha value is -1.03. The van der Waals surface area contributed by atoms with E-state index in [-0.39, 0.29) is 13.0 Å². The summed E-state index contributed by atoms with van der Waals surface area (Å²) in [5.74, 6) is -1.76. The zero-order chi connectivity index (χ0) is 39.8. The van der Waals surface area contributed by atoms with Crippen LogP contribution < -0.4 is 5.73 Å². The molecule has 0 aromatic heterocycles. The van der Waals surface area contributed by atoms with E-state index >= 15 is 0 Å². The molecule has 0 aromatic rings. The van der Waals surface area contributed by atoms with E-state index in [1.165, 1.54) is 167 Å². The van der Waals surface area contributed by atoms with Gasteiger partial charge in [-0.2, -0.15) is 0 Å². The SMILES string of the molecule is CCCCCCCCCCCCCCCCCCCC(=O)OC(COCCCCCCCCCCCCCCCCC)COP(=O)(O)OCC(N)C(=O)O. The summed E-state index contributed by atoms with van der Waals surface area (Å²) in [4.78, 5) is 33.5. The number of carboxylic acid groups (broad SMARTS) is 1. The molecule has 0 bridgehead atoms. The van der Waals surface area contributed by atoms with E-state index < -0.39 is 45.1 Å². The van der Waals surface area contributed by atoms with E-state index in [1.54, 1.807) is 0 Å². The lowest BCUT2D eigenvalue weighted by Crippen LogP contribution is -2.34. The second kappa shape index (κ2) is 40.2. The highest BCUT2D eigenvalue weighted by Crippen LogP contribution is 2.43. The highest BCUT2D eigenvalue weighted by Gasteiger charge is 2.27. The van der Waals surface area contributed by atoms with Gasteiger partial charge in [-0.15, -0.1) is 0 Å². The molecule has 11 heteroatoms. The quantitative estimate of drug-likeness (QED) is 0.0308. The van der Waals surface area contributed by atoms with Gasteiger partial charge in [0.25, 0.3) is 0 Å². The number of unbranched alkanes of at least 4 members (excludes halogenated alkanes) is 30. The largest absolute Gasteiger partial charge is 0.480 e. The molecule has 0 aromatic carbocycles. The predicted octanol–water partition coefficient (Wildman–Crippen LogP) is 12.4. The molecule has 0 rings (SSSR count). The van der Waals surface area contributed by atoms with Crippen LogP contribution in [0.25, 0.3) is 0 Å². The van der Waals surface area contributed by atoms with Crippen molar-refractivity contribution in [3.05, 3.63) is 0 Å². The monoisotopic (exact) mass is 792 g/mol. The molecule has 3 unspecified atom stereocenters. The Kier molecular flexibility index (Phi) is 39.4. The first-order valence-electron chi connectivity index (χ1n) is 22.6. The van der Waals surface area contributed by atoms with Gasteiger partial charge in [-0.25, -0.2) is 4.57 Å². The second-order valence-electron chi connectivity index (χ2n) is 15.5. The number of aliphatic carboxylic acids is 1. The first kappa shape index (κ1) is 53.0. The number of ether oxygens (including phenoxy) is 2. The van der Waals surface area contributed by atoms with Gasteiger partial charge in [0.1, 0.15) is 12.1 Å². The van der Waals surface area contributed by atoms with Gasteiger partial charge in [0, 0.05) is 13.0 Å². The van der Waals surface area contributed by atoms with Crippen LogP contribution in [0, 0.1) is 0 Å². The van der Waals surface area contributed by atoms with Gasteiger partial charge < -0.3 is 25.2 Å². The molecule has 0 spiro atoms. The fraction of sp³-hybridized carbons (Fsp3) is 0.953. The molecular formula is C43H86NO9P. The van der Waals surface area contributed by atoms with Crippen LogP contribution in [0.15, 0.2) is 0 Å². The molecular weight excluding hydrogens is 705 g/mol. The van der Waals surface area contributed by atoms with Crippen LogP contribution in [0.2, 0.25) is 0 Å². The minimum absolute atomic E-state index is 0.0258. The third kappa shape index (κ3) is 39.2. The van der Waals surface area contributed by atoms with Gasteiger partial charge in [-0.1, -0.05) is 206 Å². The summed E-state index contributed by atoms with van der Waals surface area (Å²) in [7, 11) is -4.61. The summed E-state index contributed by atoms with van der Waals surface area (Å²) in [6.45, 7) is 3.93. The number of rotatable bonds is 44.